The molecule has 0 aromatic carbocycles. The predicted octanol–water partition coefficient (Wildman–Crippen LogP) is 2.51. The third-order valence-electron chi connectivity index (χ3n) is 4.59. The van der Waals surface area contributed by atoms with E-state index in [1.54, 1.807) is 0 Å². The number of fused-ring (bicyclic) bond motifs is 2. The van der Waals surface area contributed by atoms with Crippen LogP contribution >= 0.6 is 0 Å². The molecule has 4 nitrogen and oxygen atoms in total. The Labute approximate surface area is 109 Å². The summed E-state index contributed by atoms with van der Waals surface area (Å²) in [5.74, 6) is 4.10. The molecule has 4 heteroatoms. The van der Waals surface area contributed by atoms with E-state index in [4.69, 9.17) is 4.52 Å². The minimum absolute atomic E-state index is 0.406. The highest BCUT2D eigenvalue weighted by Gasteiger charge is 2.42. The largest absolute Gasteiger partial charge is 0.339 e. The monoisotopic (exact) mass is 249 g/mol. The highest BCUT2D eigenvalue weighted by Crippen LogP contribution is 2.52. The summed E-state index contributed by atoms with van der Waals surface area (Å²) in [6, 6.07) is 0.406. The van der Waals surface area contributed by atoms with Crippen LogP contribution in [0.4, 0.5) is 0 Å². The number of nitrogens with one attached hydrogen (secondary N) is 1. The van der Waals surface area contributed by atoms with Crippen molar-refractivity contribution in [3.8, 4) is 0 Å². The van der Waals surface area contributed by atoms with E-state index in [0.29, 0.717) is 12.0 Å². The van der Waals surface area contributed by atoms with Gasteiger partial charge in [0.1, 0.15) is 0 Å². The molecule has 2 aliphatic carbocycles. The Morgan fingerprint density at radius 3 is 2.94 bits per heavy atom. The van der Waals surface area contributed by atoms with Crippen molar-refractivity contribution in [2.24, 2.45) is 11.8 Å². The summed E-state index contributed by atoms with van der Waals surface area (Å²) in [5.41, 5.74) is 0. The van der Waals surface area contributed by atoms with Crippen LogP contribution in [0.1, 0.15) is 57.2 Å². The topological polar surface area (TPSA) is 51.0 Å². The van der Waals surface area contributed by atoms with Crippen LogP contribution in [0.2, 0.25) is 0 Å². The third kappa shape index (κ3) is 2.30. The standard InChI is InChI=1S/C14H23N3O/c1-3-15-9(2)6-13-16-14(17-18-13)12-8-10-4-5-11(12)7-10/h9-12,15H,3-8H2,1-2H3. The SMILES string of the molecule is CCNC(C)Cc1nc(C2CC3CCC2C3)no1. The average molecular weight is 249 g/mol. The number of nitrogens with zero attached hydrogens (tertiary/aromatic N) is 2. The molecular weight excluding hydrogens is 226 g/mol. The van der Waals surface area contributed by atoms with Gasteiger partial charge in [0.15, 0.2) is 5.82 Å². The number of aromatic nitrogens is 2. The highest BCUT2D eigenvalue weighted by molar-refractivity contribution is 5.06. The smallest absolute Gasteiger partial charge is 0.228 e. The van der Waals surface area contributed by atoms with Crippen molar-refractivity contribution in [3.63, 3.8) is 0 Å². The molecule has 1 heterocycles. The summed E-state index contributed by atoms with van der Waals surface area (Å²) in [6.07, 6.45) is 6.30. The first kappa shape index (κ1) is 12.2. The van der Waals surface area contributed by atoms with E-state index >= 15 is 0 Å². The van der Waals surface area contributed by atoms with Crippen molar-refractivity contribution in [1.29, 1.82) is 0 Å². The summed E-state index contributed by atoms with van der Waals surface area (Å²) in [4.78, 5) is 4.62. The van der Waals surface area contributed by atoms with Crippen LogP contribution in [0, 0.1) is 11.8 Å². The molecule has 0 saturated heterocycles. The molecule has 4 atom stereocenters. The Morgan fingerprint density at radius 1 is 1.39 bits per heavy atom. The van der Waals surface area contributed by atoms with Gasteiger partial charge in [-0.2, -0.15) is 4.98 Å². The van der Waals surface area contributed by atoms with Gasteiger partial charge in [-0.3, -0.25) is 0 Å². The Bertz CT molecular complexity index is 403. The van der Waals surface area contributed by atoms with Crippen LogP contribution in [0.15, 0.2) is 4.52 Å². The van der Waals surface area contributed by atoms with E-state index < -0.39 is 0 Å². The quantitative estimate of drug-likeness (QED) is 0.871. The van der Waals surface area contributed by atoms with Gasteiger partial charge in [0, 0.05) is 18.4 Å². The minimum Gasteiger partial charge on any atom is -0.339 e. The second-order valence-electron chi connectivity index (χ2n) is 5.99. The molecule has 3 rings (SSSR count). The van der Waals surface area contributed by atoms with E-state index in [0.717, 1.165) is 36.5 Å². The lowest BCUT2D eigenvalue weighted by molar-refractivity contribution is 0.343. The zero-order chi connectivity index (χ0) is 12.5. The Kier molecular flexibility index (Phi) is 3.37. The van der Waals surface area contributed by atoms with Gasteiger partial charge < -0.3 is 9.84 Å². The molecule has 0 aliphatic heterocycles. The van der Waals surface area contributed by atoms with E-state index in [1.165, 1.54) is 25.7 Å². The molecule has 4 unspecified atom stereocenters. The summed E-state index contributed by atoms with van der Waals surface area (Å²) in [6.45, 7) is 5.25. The van der Waals surface area contributed by atoms with E-state index in [2.05, 4.69) is 29.3 Å². The van der Waals surface area contributed by atoms with Crippen molar-refractivity contribution in [2.45, 2.75) is 57.9 Å². The lowest BCUT2D eigenvalue weighted by Gasteiger charge is -2.17. The zero-order valence-corrected chi connectivity index (χ0v) is 11.4. The number of likely N-dealkylation sites (N-methyl/N-ethyl adjacent to an activating group) is 1. The fourth-order valence-electron chi connectivity index (χ4n) is 3.75. The first-order chi connectivity index (χ1) is 8.76. The third-order valence-corrected chi connectivity index (χ3v) is 4.59. The van der Waals surface area contributed by atoms with Gasteiger partial charge in [-0.15, -0.1) is 0 Å². The maximum absolute atomic E-state index is 5.40. The number of hydrogen-bond acceptors (Lipinski definition) is 4. The van der Waals surface area contributed by atoms with E-state index in [1.807, 2.05) is 0 Å². The lowest BCUT2D eigenvalue weighted by Crippen LogP contribution is -2.27. The summed E-state index contributed by atoms with van der Waals surface area (Å²) in [7, 11) is 0. The molecule has 18 heavy (non-hydrogen) atoms. The molecule has 2 saturated carbocycles. The molecule has 1 aromatic heterocycles. The van der Waals surface area contributed by atoms with Gasteiger partial charge in [-0.05, 0) is 44.6 Å². The van der Waals surface area contributed by atoms with Crippen molar-refractivity contribution < 1.29 is 4.52 Å². The molecule has 2 fully saturated rings. The maximum atomic E-state index is 5.40. The molecule has 1 aromatic rings. The minimum atomic E-state index is 0.406. The molecule has 1 N–H and O–H groups in total. The summed E-state index contributed by atoms with van der Waals surface area (Å²) in [5, 5.41) is 7.59. The first-order valence-electron chi connectivity index (χ1n) is 7.32. The molecular formula is C14H23N3O. The second-order valence-corrected chi connectivity index (χ2v) is 5.99. The molecule has 0 spiro atoms. The normalized spacial score (nSPS) is 32.0. The van der Waals surface area contributed by atoms with Crippen molar-refractivity contribution in [2.75, 3.05) is 6.54 Å². The number of rotatable bonds is 5. The highest BCUT2D eigenvalue weighted by atomic mass is 16.5. The van der Waals surface area contributed by atoms with Crippen molar-refractivity contribution >= 4 is 0 Å². The summed E-state index contributed by atoms with van der Waals surface area (Å²) < 4.78 is 5.40. The lowest BCUT2D eigenvalue weighted by atomic mass is 9.88. The van der Waals surface area contributed by atoms with Gasteiger partial charge >= 0.3 is 0 Å². The van der Waals surface area contributed by atoms with Gasteiger partial charge in [0.05, 0.1) is 0 Å². The van der Waals surface area contributed by atoms with Crippen LogP contribution in [-0.4, -0.2) is 22.7 Å². The van der Waals surface area contributed by atoms with Gasteiger partial charge in [-0.25, -0.2) is 0 Å². The van der Waals surface area contributed by atoms with Gasteiger partial charge in [0.25, 0.3) is 0 Å². The molecule has 0 radical (unpaired) electrons. The Morgan fingerprint density at radius 2 is 2.28 bits per heavy atom. The molecule has 0 amide bonds. The maximum Gasteiger partial charge on any atom is 0.228 e. The van der Waals surface area contributed by atoms with Gasteiger partial charge in [0.2, 0.25) is 5.89 Å². The number of hydrogen-bond donors (Lipinski definition) is 1. The van der Waals surface area contributed by atoms with E-state index in [9.17, 15) is 0 Å². The van der Waals surface area contributed by atoms with Crippen LogP contribution in [0.25, 0.3) is 0 Å². The second kappa shape index (κ2) is 5.00. The fourth-order valence-corrected chi connectivity index (χ4v) is 3.75. The van der Waals surface area contributed by atoms with Crippen LogP contribution in [0.3, 0.4) is 0 Å². The van der Waals surface area contributed by atoms with Crippen LogP contribution in [-0.2, 0) is 6.42 Å². The predicted molar refractivity (Wildman–Crippen MR) is 69.3 cm³/mol. The van der Waals surface area contributed by atoms with Crippen molar-refractivity contribution in [3.05, 3.63) is 11.7 Å². The molecule has 100 valence electrons. The Balaban J connectivity index is 1.63. The average Bonchev–Trinajstić information content (AvgIpc) is 3.03. The summed E-state index contributed by atoms with van der Waals surface area (Å²) >= 11 is 0. The van der Waals surface area contributed by atoms with Crippen LogP contribution < -0.4 is 5.32 Å². The van der Waals surface area contributed by atoms with Crippen LogP contribution in [0.5, 0.6) is 0 Å². The molecule has 2 bridgehead atoms. The zero-order valence-electron chi connectivity index (χ0n) is 11.4. The van der Waals surface area contributed by atoms with Crippen molar-refractivity contribution in [1.82, 2.24) is 15.5 Å². The van der Waals surface area contributed by atoms with Gasteiger partial charge in [-0.1, -0.05) is 18.5 Å². The first-order valence-corrected chi connectivity index (χ1v) is 7.32. The Hall–Kier alpha value is -0.900. The molecule has 2 aliphatic rings. The van der Waals surface area contributed by atoms with E-state index in [-0.39, 0.29) is 0 Å². The fraction of sp³-hybridized carbons (Fsp3) is 0.857.